The molecule has 1 aromatic rings. The highest BCUT2D eigenvalue weighted by Crippen LogP contribution is 2.44. The lowest BCUT2D eigenvalue weighted by molar-refractivity contribution is 0.0161. The van der Waals surface area contributed by atoms with Crippen LogP contribution < -0.4 is 0 Å². The SMILES string of the molecule is COC(=O)N1Cc2ccccc2C2(CCN(C3CCC4CCC(C3)N4C(=O)OC3CCC3)CC2)C1. The quantitative estimate of drug-likeness (QED) is 0.614. The van der Waals surface area contributed by atoms with E-state index in [1.165, 1.54) is 24.7 Å². The second kappa shape index (κ2) is 9.30. The lowest BCUT2D eigenvalue weighted by Gasteiger charge is -2.49. The summed E-state index contributed by atoms with van der Waals surface area (Å²) in [5.41, 5.74) is 2.68. The second-order valence-electron chi connectivity index (χ2n) is 11.5. The molecular weight excluding hydrogens is 442 g/mol. The first kappa shape index (κ1) is 23.1. The molecule has 1 spiro atoms. The molecule has 3 atom stereocenters. The van der Waals surface area contributed by atoms with Crippen LogP contribution in [0.3, 0.4) is 0 Å². The Morgan fingerprint density at radius 1 is 0.914 bits per heavy atom. The fourth-order valence-corrected chi connectivity index (χ4v) is 7.50. The Labute approximate surface area is 208 Å². The first-order chi connectivity index (χ1) is 17.1. The summed E-state index contributed by atoms with van der Waals surface area (Å²) < 4.78 is 10.9. The molecule has 1 aromatic carbocycles. The third-order valence-electron chi connectivity index (χ3n) is 9.68. The second-order valence-corrected chi connectivity index (χ2v) is 11.5. The van der Waals surface area contributed by atoms with E-state index in [-0.39, 0.29) is 23.7 Å². The first-order valence-electron chi connectivity index (χ1n) is 13.7. The lowest BCUT2D eigenvalue weighted by Crippen LogP contribution is -2.55. The average molecular weight is 482 g/mol. The molecule has 2 bridgehead atoms. The van der Waals surface area contributed by atoms with Gasteiger partial charge in [-0.15, -0.1) is 0 Å². The van der Waals surface area contributed by atoms with Gasteiger partial charge in [0, 0.05) is 36.6 Å². The summed E-state index contributed by atoms with van der Waals surface area (Å²) in [4.78, 5) is 32.1. The molecule has 4 fully saturated rings. The van der Waals surface area contributed by atoms with Crippen LogP contribution >= 0.6 is 0 Å². The van der Waals surface area contributed by atoms with Crippen molar-refractivity contribution in [1.82, 2.24) is 14.7 Å². The molecule has 190 valence electrons. The predicted octanol–water partition coefficient (Wildman–Crippen LogP) is 4.68. The lowest BCUT2D eigenvalue weighted by atomic mass is 9.68. The molecule has 6 rings (SSSR count). The number of piperidine rings is 1. The standard InChI is InChI=1S/C28H39N3O4/c1-34-26(32)30-18-20-5-2-3-8-25(20)28(19-30)13-15-29(16-14-28)22-11-9-21-10-12-23(17-22)31(21)27(33)35-24-6-4-7-24/h2-3,5,8,21-24H,4,6-7,9-19H2,1H3. The van der Waals surface area contributed by atoms with Crippen molar-refractivity contribution in [3.63, 3.8) is 0 Å². The Balaban J connectivity index is 1.13. The zero-order chi connectivity index (χ0) is 24.0. The number of amides is 2. The molecule has 3 unspecified atom stereocenters. The zero-order valence-electron chi connectivity index (χ0n) is 21.0. The highest BCUT2D eigenvalue weighted by molar-refractivity contribution is 5.69. The summed E-state index contributed by atoms with van der Waals surface area (Å²) in [7, 11) is 1.48. The van der Waals surface area contributed by atoms with Crippen molar-refractivity contribution in [3.8, 4) is 0 Å². The highest BCUT2D eigenvalue weighted by Gasteiger charge is 2.47. The topological polar surface area (TPSA) is 62.3 Å². The van der Waals surface area contributed by atoms with Crippen molar-refractivity contribution in [2.75, 3.05) is 26.7 Å². The number of benzene rings is 1. The van der Waals surface area contributed by atoms with Gasteiger partial charge in [-0.25, -0.2) is 9.59 Å². The van der Waals surface area contributed by atoms with Crippen LogP contribution in [0.1, 0.15) is 75.3 Å². The van der Waals surface area contributed by atoms with Crippen molar-refractivity contribution < 1.29 is 19.1 Å². The van der Waals surface area contributed by atoms with E-state index in [1.807, 2.05) is 4.90 Å². The Bertz CT molecular complexity index is 955. The normalized spacial score (nSPS) is 30.4. The third kappa shape index (κ3) is 4.20. The van der Waals surface area contributed by atoms with E-state index in [1.54, 1.807) is 0 Å². The molecule has 7 nitrogen and oxygen atoms in total. The van der Waals surface area contributed by atoms with Crippen molar-refractivity contribution in [2.45, 2.75) is 100 Å². The number of carbonyl (C=O) groups excluding carboxylic acids is 2. The summed E-state index contributed by atoms with van der Waals surface area (Å²) in [6, 6.07) is 9.85. The van der Waals surface area contributed by atoms with E-state index in [9.17, 15) is 9.59 Å². The summed E-state index contributed by atoms with van der Waals surface area (Å²) >= 11 is 0. The minimum atomic E-state index is -0.227. The third-order valence-corrected chi connectivity index (χ3v) is 9.68. The van der Waals surface area contributed by atoms with E-state index >= 15 is 0 Å². The van der Waals surface area contributed by atoms with Gasteiger partial charge in [-0.2, -0.15) is 0 Å². The van der Waals surface area contributed by atoms with Gasteiger partial charge < -0.3 is 24.2 Å². The predicted molar refractivity (Wildman–Crippen MR) is 132 cm³/mol. The van der Waals surface area contributed by atoms with Gasteiger partial charge in [-0.3, -0.25) is 0 Å². The molecule has 3 saturated heterocycles. The van der Waals surface area contributed by atoms with Gasteiger partial charge in [0.2, 0.25) is 0 Å². The molecule has 2 amide bonds. The number of rotatable bonds is 2. The highest BCUT2D eigenvalue weighted by atomic mass is 16.6. The van der Waals surface area contributed by atoms with Gasteiger partial charge in [0.15, 0.2) is 0 Å². The fraction of sp³-hybridized carbons (Fsp3) is 0.714. The molecule has 0 radical (unpaired) electrons. The average Bonchev–Trinajstić information content (AvgIpc) is 3.15. The molecule has 5 aliphatic rings. The minimum absolute atomic E-state index is 0.00187. The van der Waals surface area contributed by atoms with Gasteiger partial charge in [0.05, 0.1) is 7.11 Å². The smallest absolute Gasteiger partial charge is 0.410 e. The Morgan fingerprint density at radius 2 is 1.63 bits per heavy atom. The Morgan fingerprint density at radius 3 is 2.34 bits per heavy atom. The monoisotopic (exact) mass is 481 g/mol. The number of carbonyl (C=O) groups is 2. The Kier molecular flexibility index (Phi) is 6.15. The van der Waals surface area contributed by atoms with Crippen molar-refractivity contribution in [2.24, 2.45) is 0 Å². The number of likely N-dealkylation sites (tertiary alicyclic amines) is 1. The number of ether oxygens (including phenoxy) is 2. The van der Waals surface area contributed by atoms with Crippen LogP contribution in [0, 0.1) is 0 Å². The van der Waals surface area contributed by atoms with Crippen LogP contribution in [-0.4, -0.2) is 77.9 Å². The van der Waals surface area contributed by atoms with Gasteiger partial charge >= 0.3 is 12.2 Å². The van der Waals surface area contributed by atoms with Gasteiger partial charge in [0.1, 0.15) is 6.10 Å². The summed E-state index contributed by atoms with van der Waals surface area (Å²) in [5, 5.41) is 0. The van der Waals surface area contributed by atoms with E-state index in [0.717, 1.165) is 77.4 Å². The summed E-state index contributed by atoms with van der Waals surface area (Å²) in [6.45, 7) is 3.45. The number of hydrogen-bond acceptors (Lipinski definition) is 5. The maximum absolute atomic E-state index is 13.0. The molecule has 35 heavy (non-hydrogen) atoms. The van der Waals surface area contributed by atoms with Crippen LogP contribution in [0.5, 0.6) is 0 Å². The number of fused-ring (bicyclic) bond motifs is 4. The summed E-state index contributed by atoms with van der Waals surface area (Å²) in [6.07, 6.45) is 10.8. The van der Waals surface area contributed by atoms with Gasteiger partial charge in [-0.05, 0) is 88.4 Å². The van der Waals surface area contributed by atoms with Gasteiger partial charge in [0.25, 0.3) is 0 Å². The number of methoxy groups -OCH3 is 1. The van der Waals surface area contributed by atoms with Crippen molar-refractivity contribution in [3.05, 3.63) is 35.4 Å². The first-order valence-corrected chi connectivity index (χ1v) is 13.7. The molecule has 0 aromatic heterocycles. The molecule has 1 saturated carbocycles. The van der Waals surface area contributed by atoms with Crippen LogP contribution in [0.2, 0.25) is 0 Å². The molecule has 1 aliphatic carbocycles. The molecule has 4 heterocycles. The van der Waals surface area contributed by atoms with E-state index < -0.39 is 0 Å². The van der Waals surface area contributed by atoms with Crippen LogP contribution in [0.15, 0.2) is 24.3 Å². The maximum atomic E-state index is 13.0. The van der Waals surface area contributed by atoms with Crippen molar-refractivity contribution >= 4 is 12.2 Å². The molecule has 4 aliphatic heterocycles. The Hall–Kier alpha value is -2.28. The maximum Gasteiger partial charge on any atom is 0.410 e. The fourth-order valence-electron chi connectivity index (χ4n) is 7.50. The van der Waals surface area contributed by atoms with Crippen LogP contribution in [0.25, 0.3) is 0 Å². The van der Waals surface area contributed by atoms with Crippen LogP contribution in [-0.2, 0) is 21.4 Å². The number of hydrogen-bond donors (Lipinski definition) is 0. The largest absolute Gasteiger partial charge is 0.453 e. The van der Waals surface area contributed by atoms with E-state index in [0.29, 0.717) is 24.7 Å². The van der Waals surface area contributed by atoms with E-state index in [4.69, 9.17) is 9.47 Å². The van der Waals surface area contributed by atoms with Crippen molar-refractivity contribution in [1.29, 1.82) is 0 Å². The van der Waals surface area contributed by atoms with Crippen LogP contribution in [0.4, 0.5) is 9.59 Å². The minimum Gasteiger partial charge on any atom is -0.453 e. The molecular formula is C28H39N3O4. The summed E-state index contributed by atoms with van der Waals surface area (Å²) in [5.74, 6) is 0. The zero-order valence-corrected chi connectivity index (χ0v) is 21.0. The molecule has 0 N–H and O–H groups in total. The number of nitrogens with zero attached hydrogens (tertiary/aromatic N) is 3. The van der Waals surface area contributed by atoms with Gasteiger partial charge in [-0.1, -0.05) is 24.3 Å². The van der Waals surface area contributed by atoms with E-state index in [2.05, 4.69) is 34.1 Å². The molecule has 7 heteroatoms.